The van der Waals surface area contributed by atoms with E-state index < -0.39 is 5.97 Å². The van der Waals surface area contributed by atoms with Crippen LogP contribution in [0.3, 0.4) is 0 Å². The Balaban J connectivity index is 2.21. The molecule has 1 aliphatic rings. The molecule has 0 saturated carbocycles. The van der Waals surface area contributed by atoms with Crippen LogP contribution >= 0.6 is 0 Å². The van der Waals surface area contributed by atoms with Crippen molar-refractivity contribution in [2.75, 3.05) is 31.1 Å². The van der Waals surface area contributed by atoms with Crippen LogP contribution in [0.2, 0.25) is 0 Å². The van der Waals surface area contributed by atoms with E-state index in [2.05, 4.69) is 5.32 Å². The molecule has 0 radical (unpaired) electrons. The predicted molar refractivity (Wildman–Crippen MR) is 69.7 cm³/mol. The van der Waals surface area contributed by atoms with Crippen LogP contribution in [0.15, 0.2) is 18.2 Å². The average molecular weight is 275 g/mol. The van der Waals surface area contributed by atoms with Gasteiger partial charge in [0.25, 0.3) is 0 Å². The number of nitrogens with zero attached hydrogens (tertiary/aromatic N) is 2. The minimum absolute atomic E-state index is 0.0504. The first-order valence-corrected chi connectivity index (χ1v) is 6.01. The number of carbonyl (C=O) groups is 2. The lowest BCUT2D eigenvalue weighted by Gasteiger charge is -2.31. The van der Waals surface area contributed by atoms with Crippen molar-refractivity contribution >= 4 is 17.6 Å². The number of anilines is 1. The summed E-state index contributed by atoms with van der Waals surface area (Å²) in [4.78, 5) is 24.5. The van der Waals surface area contributed by atoms with Gasteiger partial charge in [0, 0.05) is 0 Å². The summed E-state index contributed by atoms with van der Waals surface area (Å²) in [5.74, 6) is -1.09. The standard InChI is InChI=1S/C13H13N3O4/c14-4-5-15-11(17)8-16-6-7-20-12-9(13(18)19)2-1-3-10(12)16/h1-3H,5-8H2,(H,15,17)(H,18,19). The second-order valence-electron chi connectivity index (χ2n) is 4.16. The topological polar surface area (TPSA) is 103 Å². The summed E-state index contributed by atoms with van der Waals surface area (Å²) in [6, 6.07) is 6.60. The zero-order valence-electron chi connectivity index (χ0n) is 10.6. The SMILES string of the molecule is N#CCNC(=O)CN1CCOc2c(C(=O)O)cccc21. The molecule has 20 heavy (non-hydrogen) atoms. The van der Waals surface area contributed by atoms with E-state index in [1.807, 2.05) is 6.07 Å². The van der Waals surface area contributed by atoms with Crippen molar-refractivity contribution in [1.82, 2.24) is 5.32 Å². The number of benzene rings is 1. The summed E-state index contributed by atoms with van der Waals surface area (Å²) >= 11 is 0. The van der Waals surface area contributed by atoms with E-state index in [4.69, 9.17) is 15.1 Å². The van der Waals surface area contributed by atoms with E-state index in [0.29, 0.717) is 18.8 Å². The van der Waals surface area contributed by atoms with Crippen LogP contribution in [-0.4, -0.2) is 43.2 Å². The molecule has 0 fully saturated rings. The van der Waals surface area contributed by atoms with Gasteiger partial charge in [-0.1, -0.05) is 6.07 Å². The Morgan fingerprint density at radius 2 is 2.30 bits per heavy atom. The Kier molecular flexibility index (Phi) is 4.05. The molecule has 7 nitrogen and oxygen atoms in total. The smallest absolute Gasteiger partial charge is 0.339 e. The minimum atomic E-state index is -1.07. The average Bonchev–Trinajstić information content (AvgIpc) is 2.44. The summed E-state index contributed by atoms with van der Waals surface area (Å²) in [5.41, 5.74) is 0.646. The molecule has 0 atom stereocenters. The van der Waals surface area contributed by atoms with E-state index in [1.165, 1.54) is 6.07 Å². The molecular weight excluding hydrogens is 262 g/mol. The molecule has 1 aliphatic heterocycles. The van der Waals surface area contributed by atoms with Crippen molar-refractivity contribution in [3.8, 4) is 11.8 Å². The number of hydrogen-bond acceptors (Lipinski definition) is 5. The fraction of sp³-hybridized carbons (Fsp3) is 0.308. The predicted octanol–water partition coefficient (Wildman–Crippen LogP) is 0.223. The molecule has 0 aromatic heterocycles. The van der Waals surface area contributed by atoms with Crippen LogP contribution in [0.25, 0.3) is 0 Å². The first kappa shape index (κ1) is 13.7. The number of amides is 1. The summed E-state index contributed by atoms with van der Waals surface area (Å²) in [7, 11) is 0. The molecule has 104 valence electrons. The number of ether oxygens (including phenoxy) is 1. The van der Waals surface area contributed by atoms with Gasteiger partial charge in [0.05, 0.1) is 24.8 Å². The van der Waals surface area contributed by atoms with Gasteiger partial charge in [-0.15, -0.1) is 0 Å². The van der Waals surface area contributed by atoms with E-state index in [9.17, 15) is 9.59 Å². The van der Waals surface area contributed by atoms with Crippen molar-refractivity contribution in [2.45, 2.75) is 0 Å². The summed E-state index contributed by atoms with van der Waals surface area (Å²) in [6.45, 7) is 0.797. The Morgan fingerprint density at radius 1 is 1.50 bits per heavy atom. The van der Waals surface area contributed by atoms with Crippen LogP contribution < -0.4 is 15.0 Å². The van der Waals surface area contributed by atoms with Gasteiger partial charge in [0.15, 0.2) is 5.75 Å². The third kappa shape index (κ3) is 2.80. The van der Waals surface area contributed by atoms with Gasteiger partial charge in [-0.25, -0.2) is 4.79 Å². The first-order valence-electron chi connectivity index (χ1n) is 6.01. The highest BCUT2D eigenvalue weighted by atomic mass is 16.5. The van der Waals surface area contributed by atoms with Crippen molar-refractivity contribution in [3.05, 3.63) is 23.8 Å². The minimum Gasteiger partial charge on any atom is -0.489 e. The van der Waals surface area contributed by atoms with Gasteiger partial charge in [0.1, 0.15) is 18.7 Å². The van der Waals surface area contributed by atoms with Crippen LogP contribution in [0, 0.1) is 11.3 Å². The van der Waals surface area contributed by atoms with Gasteiger partial charge in [-0.2, -0.15) is 5.26 Å². The molecule has 1 aromatic carbocycles. The van der Waals surface area contributed by atoms with Gasteiger partial charge < -0.3 is 20.1 Å². The number of hydrogen-bond donors (Lipinski definition) is 2. The molecule has 0 unspecified atom stereocenters. The normalized spacial score (nSPS) is 12.8. The van der Waals surface area contributed by atoms with Gasteiger partial charge >= 0.3 is 5.97 Å². The van der Waals surface area contributed by atoms with E-state index in [1.54, 1.807) is 17.0 Å². The van der Waals surface area contributed by atoms with Gasteiger partial charge in [-0.05, 0) is 12.1 Å². The molecule has 2 N–H and O–H groups in total. The molecule has 7 heteroatoms. The van der Waals surface area contributed by atoms with Crippen molar-refractivity contribution in [2.24, 2.45) is 0 Å². The number of carboxylic acid groups (broad SMARTS) is 1. The van der Waals surface area contributed by atoms with Crippen molar-refractivity contribution in [1.29, 1.82) is 5.26 Å². The number of para-hydroxylation sites is 1. The summed E-state index contributed by atoms with van der Waals surface area (Å²) < 4.78 is 5.40. The van der Waals surface area contributed by atoms with Crippen LogP contribution in [-0.2, 0) is 4.79 Å². The second-order valence-corrected chi connectivity index (χ2v) is 4.16. The molecule has 0 aliphatic carbocycles. The lowest BCUT2D eigenvalue weighted by molar-refractivity contribution is -0.119. The van der Waals surface area contributed by atoms with E-state index in [0.717, 1.165) is 0 Å². The lowest BCUT2D eigenvalue weighted by atomic mass is 10.1. The van der Waals surface area contributed by atoms with Gasteiger partial charge in [0.2, 0.25) is 5.91 Å². The summed E-state index contributed by atoms with van der Waals surface area (Å²) in [5, 5.41) is 20.0. The van der Waals surface area contributed by atoms with E-state index in [-0.39, 0.29) is 30.3 Å². The van der Waals surface area contributed by atoms with Gasteiger partial charge in [-0.3, -0.25) is 4.79 Å². The third-order valence-corrected chi connectivity index (χ3v) is 2.87. The quantitative estimate of drug-likeness (QED) is 0.762. The van der Waals surface area contributed by atoms with E-state index >= 15 is 0 Å². The fourth-order valence-corrected chi connectivity index (χ4v) is 2.00. The van der Waals surface area contributed by atoms with Crippen molar-refractivity contribution in [3.63, 3.8) is 0 Å². The molecule has 1 heterocycles. The Morgan fingerprint density at radius 3 is 3.00 bits per heavy atom. The molecule has 2 rings (SSSR count). The number of carbonyl (C=O) groups excluding carboxylic acids is 1. The maximum atomic E-state index is 11.6. The zero-order chi connectivity index (χ0) is 14.5. The molecule has 1 aromatic rings. The van der Waals surface area contributed by atoms with Crippen LogP contribution in [0.5, 0.6) is 5.75 Å². The highest BCUT2D eigenvalue weighted by Gasteiger charge is 2.24. The number of aromatic carboxylic acids is 1. The van der Waals surface area contributed by atoms with Crippen molar-refractivity contribution < 1.29 is 19.4 Å². The Bertz CT molecular complexity index is 579. The second kappa shape index (κ2) is 5.93. The number of fused-ring (bicyclic) bond motifs is 1. The lowest BCUT2D eigenvalue weighted by Crippen LogP contribution is -2.41. The molecule has 0 bridgehead atoms. The zero-order valence-corrected chi connectivity index (χ0v) is 10.6. The number of rotatable bonds is 4. The van der Waals surface area contributed by atoms with Crippen LogP contribution in [0.4, 0.5) is 5.69 Å². The summed E-state index contributed by atoms with van der Waals surface area (Å²) in [6.07, 6.45) is 0. The largest absolute Gasteiger partial charge is 0.489 e. The number of carboxylic acids is 1. The Hall–Kier alpha value is -2.75. The fourth-order valence-electron chi connectivity index (χ4n) is 2.00. The number of nitriles is 1. The third-order valence-electron chi connectivity index (χ3n) is 2.87. The molecule has 1 amide bonds. The maximum Gasteiger partial charge on any atom is 0.339 e. The van der Waals surface area contributed by atoms with Crippen LogP contribution in [0.1, 0.15) is 10.4 Å². The highest BCUT2D eigenvalue weighted by Crippen LogP contribution is 2.34. The number of nitrogens with one attached hydrogen (secondary N) is 1. The Labute approximate surface area is 115 Å². The molecule has 0 spiro atoms. The molecule has 0 saturated heterocycles. The highest BCUT2D eigenvalue weighted by molar-refractivity contribution is 5.94. The monoisotopic (exact) mass is 275 g/mol. The first-order chi connectivity index (χ1) is 9.63. The maximum absolute atomic E-state index is 11.6. The molecular formula is C13H13N3O4.